The molecule has 14 rings (SSSR count). The molecule has 0 aliphatic heterocycles. The summed E-state index contributed by atoms with van der Waals surface area (Å²) in [7, 11) is 0. The zero-order valence-electron chi connectivity index (χ0n) is 30.0. The third-order valence-corrected chi connectivity index (χ3v) is 15.5. The molecule has 1 nitrogen and oxygen atoms in total. The fraction of sp³-hybridized carbons (Fsp3) is 0.192. The molecule has 0 amide bonds. The summed E-state index contributed by atoms with van der Waals surface area (Å²) in [6.45, 7) is 0. The molecule has 5 aliphatic rings. The molecule has 7 aromatic carbocycles. The minimum atomic E-state index is 0.201. The van der Waals surface area contributed by atoms with Gasteiger partial charge in [-0.15, -0.1) is 11.3 Å². The molecular formula is C52H38OS. The first-order valence-corrected chi connectivity index (χ1v) is 20.7. The van der Waals surface area contributed by atoms with Gasteiger partial charge < -0.3 is 4.42 Å². The van der Waals surface area contributed by atoms with Crippen LogP contribution in [0.3, 0.4) is 0 Å². The summed E-state index contributed by atoms with van der Waals surface area (Å²) in [5.74, 6) is 3.47. The van der Waals surface area contributed by atoms with Crippen LogP contribution in [0.5, 0.6) is 0 Å². The molecule has 4 fully saturated rings. The second-order valence-electron chi connectivity index (χ2n) is 16.8. The van der Waals surface area contributed by atoms with Gasteiger partial charge in [0.15, 0.2) is 0 Å². The standard InChI is InChI=1S/C52H38OS/c1-4-15-44-40(11-1)43-29-34(19-22-45(43)52(44)35-24-30-23-31(26-35)27-36(52)25-30)39-21-20-38(50-42-13-3-6-18-48(42)54-51(39)50)33-10-7-9-32(28-33)37-14-8-17-47-49(37)41-12-2-5-16-46(41)53-47/h1-22,28-31,35-36H,23-27H2. The van der Waals surface area contributed by atoms with E-state index < -0.39 is 0 Å². The Balaban J connectivity index is 0.990. The van der Waals surface area contributed by atoms with Crippen LogP contribution in [0.4, 0.5) is 0 Å². The smallest absolute Gasteiger partial charge is 0.136 e. The maximum absolute atomic E-state index is 6.29. The van der Waals surface area contributed by atoms with Gasteiger partial charge in [0.25, 0.3) is 0 Å². The number of para-hydroxylation sites is 1. The Morgan fingerprint density at radius 1 is 0.444 bits per heavy atom. The maximum atomic E-state index is 6.29. The molecule has 4 saturated carbocycles. The number of rotatable bonds is 3. The number of thiophene rings is 1. The van der Waals surface area contributed by atoms with Crippen molar-refractivity contribution in [3.63, 3.8) is 0 Å². The topological polar surface area (TPSA) is 13.1 Å². The Kier molecular flexibility index (Phi) is 6.01. The first-order valence-electron chi connectivity index (χ1n) is 19.9. The van der Waals surface area contributed by atoms with Gasteiger partial charge in [0, 0.05) is 36.4 Å². The monoisotopic (exact) mass is 710 g/mol. The molecule has 9 aromatic rings. The minimum Gasteiger partial charge on any atom is -0.456 e. The van der Waals surface area contributed by atoms with E-state index in [1.165, 1.54) is 102 Å². The Labute approximate surface area is 318 Å². The fourth-order valence-electron chi connectivity index (χ4n) is 12.5. The highest BCUT2D eigenvalue weighted by atomic mass is 32.1. The summed E-state index contributed by atoms with van der Waals surface area (Å²) in [5.41, 5.74) is 15.9. The summed E-state index contributed by atoms with van der Waals surface area (Å²) in [4.78, 5) is 0. The van der Waals surface area contributed by atoms with E-state index in [-0.39, 0.29) is 5.41 Å². The molecule has 258 valence electrons. The van der Waals surface area contributed by atoms with Crippen LogP contribution < -0.4 is 0 Å². The quantitative estimate of drug-likeness (QED) is 0.178. The zero-order valence-corrected chi connectivity index (χ0v) is 30.8. The van der Waals surface area contributed by atoms with Gasteiger partial charge >= 0.3 is 0 Å². The molecule has 0 atom stereocenters. The lowest BCUT2D eigenvalue weighted by molar-refractivity contribution is -0.0399. The lowest BCUT2D eigenvalue weighted by atomic mass is 9.43. The van der Waals surface area contributed by atoms with Gasteiger partial charge in [-0.25, -0.2) is 0 Å². The van der Waals surface area contributed by atoms with Crippen LogP contribution in [-0.4, -0.2) is 0 Å². The van der Waals surface area contributed by atoms with Crippen molar-refractivity contribution in [1.82, 2.24) is 0 Å². The fourth-order valence-corrected chi connectivity index (χ4v) is 13.8. The molecule has 5 aliphatic carbocycles. The third-order valence-electron chi connectivity index (χ3n) is 14.3. The lowest BCUT2D eigenvalue weighted by Gasteiger charge is -2.61. The highest BCUT2D eigenvalue weighted by Gasteiger charge is 2.61. The molecular weight excluding hydrogens is 673 g/mol. The van der Waals surface area contributed by atoms with Crippen molar-refractivity contribution in [2.75, 3.05) is 0 Å². The predicted octanol–water partition coefficient (Wildman–Crippen LogP) is 14.7. The van der Waals surface area contributed by atoms with E-state index in [1.54, 1.807) is 11.1 Å². The van der Waals surface area contributed by atoms with Crippen molar-refractivity contribution in [2.45, 2.75) is 37.5 Å². The number of fused-ring (bicyclic) bond motifs is 9. The SMILES string of the molecule is c1cc(-c2cccc3oc4ccccc4c23)cc(-c2ccc(-c3ccc4c(c3)-c3ccccc3C43C4CC5CC(C4)CC3C5)c3sc4ccccc4c23)c1. The summed E-state index contributed by atoms with van der Waals surface area (Å²) < 4.78 is 9.00. The van der Waals surface area contributed by atoms with Gasteiger partial charge in [-0.3, -0.25) is 0 Å². The van der Waals surface area contributed by atoms with E-state index in [0.29, 0.717) is 0 Å². The van der Waals surface area contributed by atoms with Gasteiger partial charge in [-0.05, 0) is 142 Å². The first kappa shape index (κ1) is 29.9. The van der Waals surface area contributed by atoms with Gasteiger partial charge in [0.05, 0.1) is 0 Å². The number of hydrogen-bond acceptors (Lipinski definition) is 2. The van der Waals surface area contributed by atoms with Crippen LogP contribution in [0.2, 0.25) is 0 Å². The highest BCUT2D eigenvalue weighted by Crippen LogP contribution is 2.69. The van der Waals surface area contributed by atoms with Crippen LogP contribution in [-0.2, 0) is 5.41 Å². The first-order chi connectivity index (χ1) is 26.7. The van der Waals surface area contributed by atoms with Gasteiger partial charge in [-0.1, -0.05) is 115 Å². The van der Waals surface area contributed by atoms with Crippen LogP contribution in [0.15, 0.2) is 150 Å². The lowest BCUT2D eigenvalue weighted by Crippen LogP contribution is -2.55. The molecule has 1 spiro atoms. The normalized spacial score (nSPS) is 23.6. The predicted molar refractivity (Wildman–Crippen MR) is 226 cm³/mol. The van der Waals surface area contributed by atoms with Crippen molar-refractivity contribution in [3.05, 3.63) is 157 Å². The molecule has 2 aromatic heterocycles. The van der Waals surface area contributed by atoms with Crippen molar-refractivity contribution in [3.8, 4) is 44.5 Å². The van der Waals surface area contributed by atoms with Crippen LogP contribution in [0.25, 0.3) is 86.6 Å². The van der Waals surface area contributed by atoms with Gasteiger partial charge in [0.1, 0.15) is 11.2 Å². The summed E-state index contributed by atoms with van der Waals surface area (Å²) >= 11 is 1.94. The summed E-state index contributed by atoms with van der Waals surface area (Å²) in [5, 5.41) is 5.04. The van der Waals surface area contributed by atoms with E-state index in [9.17, 15) is 0 Å². The zero-order chi connectivity index (χ0) is 35.1. The molecule has 2 heteroatoms. The van der Waals surface area contributed by atoms with Gasteiger partial charge in [0.2, 0.25) is 0 Å². The van der Waals surface area contributed by atoms with Crippen LogP contribution >= 0.6 is 11.3 Å². The molecule has 0 unspecified atom stereocenters. The molecule has 54 heavy (non-hydrogen) atoms. The second kappa shape index (κ2) is 10.8. The Bertz CT molecular complexity index is 3000. The molecule has 0 N–H and O–H groups in total. The molecule has 0 saturated heterocycles. The highest BCUT2D eigenvalue weighted by molar-refractivity contribution is 7.26. The number of hydrogen-bond donors (Lipinski definition) is 0. The molecule has 0 radical (unpaired) electrons. The third kappa shape index (κ3) is 3.89. The van der Waals surface area contributed by atoms with Gasteiger partial charge in [-0.2, -0.15) is 0 Å². The van der Waals surface area contributed by atoms with Crippen molar-refractivity contribution in [2.24, 2.45) is 23.7 Å². The average Bonchev–Trinajstić information content (AvgIpc) is 3.88. The van der Waals surface area contributed by atoms with E-state index in [0.717, 1.165) is 40.2 Å². The average molecular weight is 711 g/mol. The molecule has 2 heterocycles. The van der Waals surface area contributed by atoms with Crippen molar-refractivity contribution >= 4 is 53.4 Å². The summed E-state index contributed by atoms with van der Waals surface area (Å²) in [6, 6.07) is 54.9. The van der Waals surface area contributed by atoms with Crippen molar-refractivity contribution in [1.29, 1.82) is 0 Å². The van der Waals surface area contributed by atoms with Crippen molar-refractivity contribution < 1.29 is 4.42 Å². The number of furan rings is 1. The Morgan fingerprint density at radius 3 is 1.93 bits per heavy atom. The van der Waals surface area contributed by atoms with E-state index in [1.807, 2.05) is 17.4 Å². The largest absolute Gasteiger partial charge is 0.456 e. The van der Waals surface area contributed by atoms with E-state index in [4.69, 9.17) is 4.42 Å². The second-order valence-corrected chi connectivity index (χ2v) is 17.9. The number of benzene rings is 7. The van der Waals surface area contributed by atoms with Crippen LogP contribution in [0, 0.1) is 23.7 Å². The molecule has 4 bridgehead atoms. The minimum absolute atomic E-state index is 0.201. The van der Waals surface area contributed by atoms with E-state index >= 15 is 0 Å². The van der Waals surface area contributed by atoms with Crippen LogP contribution in [0.1, 0.15) is 43.2 Å². The van der Waals surface area contributed by atoms with E-state index in [2.05, 4.69) is 140 Å². The Hall–Kier alpha value is -5.44. The maximum Gasteiger partial charge on any atom is 0.136 e. The summed E-state index contributed by atoms with van der Waals surface area (Å²) in [6.07, 6.45) is 7.16. The Morgan fingerprint density at radius 2 is 1.07 bits per heavy atom.